The first kappa shape index (κ1) is 15.6. The molecule has 0 atom stereocenters. The molecule has 0 saturated carbocycles. The number of hydrogen-bond acceptors (Lipinski definition) is 3. The Morgan fingerprint density at radius 3 is 2.76 bits per heavy atom. The lowest BCUT2D eigenvalue weighted by molar-refractivity contribution is 0.500. The quantitative estimate of drug-likeness (QED) is 0.840. The molecular weight excluding hydrogens is 267 g/mol. The molecule has 1 heterocycles. The van der Waals surface area contributed by atoms with Gasteiger partial charge in [0.25, 0.3) is 0 Å². The fraction of sp³-hybridized carbons (Fsp3) is 0.412. The summed E-state index contributed by atoms with van der Waals surface area (Å²) in [5, 5.41) is 3.37. The van der Waals surface area contributed by atoms with Crippen LogP contribution < -0.4 is 10.2 Å². The van der Waals surface area contributed by atoms with Gasteiger partial charge in [-0.3, -0.25) is 0 Å². The Morgan fingerprint density at radius 2 is 2.05 bits per heavy atom. The molecule has 21 heavy (non-hydrogen) atoms. The van der Waals surface area contributed by atoms with Crippen LogP contribution in [0, 0.1) is 11.7 Å². The van der Waals surface area contributed by atoms with E-state index in [0.717, 1.165) is 24.4 Å². The molecule has 0 fully saturated rings. The highest BCUT2D eigenvalue weighted by Crippen LogP contribution is 2.20. The SMILES string of the molecule is CC(C)CNCc1coc(CN(C)c2ccccc2F)c1. The number of hydrogen-bond donors (Lipinski definition) is 1. The van der Waals surface area contributed by atoms with Gasteiger partial charge < -0.3 is 14.6 Å². The van der Waals surface area contributed by atoms with Crippen LogP contribution in [-0.4, -0.2) is 13.6 Å². The zero-order chi connectivity index (χ0) is 15.2. The first-order valence-corrected chi connectivity index (χ1v) is 7.29. The molecule has 0 amide bonds. The fourth-order valence-corrected chi connectivity index (χ4v) is 2.19. The number of para-hydroxylation sites is 1. The lowest BCUT2D eigenvalue weighted by Crippen LogP contribution is -2.18. The summed E-state index contributed by atoms with van der Waals surface area (Å²) in [7, 11) is 1.86. The summed E-state index contributed by atoms with van der Waals surface area (Å²) >= 11 is 0. The lowest BCUT2D eigenvalue weighted by Gasteiger charge is -2.18. The summed E-state index contributed by atoms with van der Waals surface area (Å²) < 4.78 is 19.3. The number of benzene rings is 1. The average Bonchev–Trinajstić information content (AvgIpc) is 2.86. The molecule has 1 aromatic carbocycles. The van der Waals surface area contributed by atoms with Crippen molar-refractivity contribution in [2.45, 2.75) is 26.9 Å². The van der Waals surface area contributed by atoms with Gasteiger partial charge in [0.05, 0.1) is 18.5 Å². The molecule has 1 N–H and O–H groups in total. The van der Waals surface area contributed by atoms with Gasteiger partial charge >= 0.3 is 0 Å². The van der Waals surface area contributed by atoms with Crippen molar-refractivity contribution < 1.29 is 8.81 Å². The standard InChI is InChI=1S/C17H23FN2O/c1-13(2)9-19-10-14-8-15(21-12-14)11-20(3)17-7-5-4-6-16(17)18/h4-8,12-13,19H,9-11H2,1-3H3. The van der Waals surface area contributed by atoms with Gasteiger partial charge in [0.1, 0.15) is 11.6 Å². The largest absolute Gasteiger partial charge is 0.467 e. The number of nitrogens with one attached hydrogen (secondary N) is 1. The molecule has 0 aliphatic carbocycles. The first-order chi connectivity index (χ1) is 10.1. The van der Waals surface area contributed by atoms with Crippen molar-refractivity contribution in [2.24, 2.45) is 5.92 Å². The van der Waals surface area contributed by atoms with E-state index in [1.54, 1.807) is 18.4 Å². The normalized spacial score (nSPS) is 11.1. The highest BCUT2D eigenvalue weighted by atomic mass is 19.1. The van der Waals surface area contributed by atoms with Crippen LogP contribution in [0.3, 0.4) is 0 Å². The van der Waals surface area contributed by atoms with E-state index in [-0.39, 0.29) is 5.82 Å². The van der Waals surface area contributed by atoms with Gasteiger partial charge in [-0.1, -0.05) is 26.0 Å². The van der Waals surface area contributed by atoms with E-state index in [0.29, 0.717) is 18.2 Å². The van der Waals surface area contributed by atoms with Gasteiger partial charge in [-0.2, -0.15) is 0 Å². The summed E-state index contributed by atoms with van der Waals surface area (Å²) in [5.74, 6) is 1.25. The summed E-state index contributed by atoms with van der Waals surface area (Å²) in [6.45, 7) is 6.68. The Morgan fingerprint density at radius 1 is 1.29 bits per heavy atom. The van der Waals surface area contributed by atoms with Gasteiger partial charge in [-0.25, -0.2) is 4.39 Å². The maximum atomic E-state index is 13.7. The van der Waals surface area contributed by atoms with Gasteiger partial charge in [0.2, 0.25) is 0 Å². The molecule has 4 heteroatoms. The van der Waals surface area contributed by atoms with Gasteiger partial charge in [-0.05, 0) is 30.7 Å². The molecular formula is C17H23FN2O. The lowest BCUT2D eigenvalue weighted by atomic mass is 10.2. The molecule has 0 bridgehead atoms. The Kier molecular flexibility index (Phi) is 5.39. The predicted molar refractivity (Wildman–Crippen MR) is 83.8 cm³/mol. The van der Waals surface area contributed by atoms with Crippen molar-refractivity contribution in [3.8, 4) is 0 Å². The Balaban J connectivity index is 1.91. The third-order valence-corrected chi connectivity index (χ3v) is 3.25. The van der Waals surface area contributed by atoms with Gasteiger partial charge in [0.15, 0.2) is 0 Å². The van der Waals surface area contributed by atoms with Crippen LogP contribution in [0.1, 0.15) is 25.2 Å². The molecule has 0 aliphatic heterocycles. The molecule has 0 spiro atoms. The third kappa shape index (κ3) is 4.60. The van der Waals surface area contributed by atoms with Crippen LogP contribution in [0.5, 0.6) is 0 Å². The first-order valence-electron chi connectivity index (χ1n) is 7.29. The molecule has 114 valence electrons. The zero-order valence-electron chi connectivity index (χ0n) is 12.9. The minimum Gasteiger partial charge on any atom is -0.467 e. The zero-order valence-corrected chi connectivity index (χ0v) is 12.9. The monoisotopic (exact) mass is 290 g/mol. The molecule has 2 rings (SSSR count). The van der Waals surface area contributed by atoms with Gasteiger partial charge in [0, 0.05) is 19.2 Å². The van der Waals surface area contributed by atoms with Crippen molar-refractivity contribution in [1.29, 1.82) is 0 Å². The summed E-state index contributed by atoms with van der Waals surface area (Å²) in [4.78, 5) is 1.85. The van der Waals surface area contributed by atoms with Crippen LogP contribution in [0.25, 0.3) is 0 Å². The molecule has 0 unspecified atom stereocenters. The van der Waals surface area contributed by atoms with E-state index in [4.69, 9.17) is 4.42 Å². The molecule has 1 aromatic heterocycles. The van der Waals surface area contributed by atoms with Crippen LogP contribution in [0.4, 0.5) is 10.1 Å². The minimum absolute atomic E-state index is 0.217. The summed E-state index contributed by atoms with van der Waals surface area (Å²) in [6.07, 6.45) is 1.76. The topological polar surface area (TPSA) is 28.4 Å². The van der Waals surface area contributed by atoms with Crippen molar-refractivity contribution in [3.05, 3.63) is 53.7 Å². The Bertz CT molecular complexity index is 565. The van der Waals surface area contributed by atoms with Gasteiger partial charge in [-0.15, -0.1) is 0 Å². The van der Waals surface area contributed by atoms with Crippen LogP contribution in [0.15, 0.2) is 41.0 Å². The van der Waals surface area contributed by atoms with Crippen LogP contribution >= 0.6 is 0 Å². The molecule has 0 saturated heterocycles. The summed E-state index contributed by atoms with van der Waals surface area (Å²) in [5.41, 5.74) is 1.70. The average molecular weight is 290 g/mol. The van der Waals surface area contributed by atoms with E-state index in [1.165, 1.54) is 6.07 Å². The second kappa shape index (κ2) is 7.27. The molecule has 0 aliphatic rings. The molecule has 3 nitrogen and oxygen atoms in total. The highest BCUT2D eigenvalue weighted by molar-refractivity contribution is 5.46. The van der Waals surface area contributed by atoms with Crippen molar-refractivity contribution in [1.82, 2.24) is 5.32 Å². The van der Waals surface area contributed by atoms with Crippen LogP contribution in [-0.2, 0) is 13.1 Å². The molecule has 2 aromatic rings. The van der Waals surface area contributed by atoms with E-state index in [9.17, 15) is 4.39 Å². The maximum absolute atomic E-state index is 13.7. The number of halogens is 1. The van der Waals surface area contributed by atoms with Crippen molar-refractivity contribution >= 4 is 5.69 Å². The second-order valence-electron chi connectivity index (χ2n) is 5.75. The third-order valence-electron chi connectivity index (χ3n) is 3.25. The van der Waals surface area contributed by atoms with Crippen LogP contribution in [0.2, 0.25) is 0 Å². The smallest absolute Gasteiger partial charge is 0.146 e. The van der Waals surface area contributed by atoms with E-state index in [2.05, 4.69) is 19.2 Å². The molecule has 0 radical (unpaired) electrons. The van der Waals surface area contributed by atoms with E-state index < -0.39 is 0 Å². The Hall–Kier alpha value is -1.81. The summed E-state index contributed by atoms with van der Waals surface area (Å²) in [6, 6.07) is 8.78. The Labute approximate surface area is 125 Å². The fourth-order valence-electron chi connectivity index (χ4n) is 2.19. The van der Waals surface area contributed by atoms with E-state index >= 15 is 0 Å². The van der Waals surface area contributed by atoms with Crippen molar-refractivity contribution in [3.63, 3.8) is 0 Å². The second-order valence-corrected chi connectivity index (χ2v) is 5.75. The number of rotatable bonds is 7. The van der Waals surface area contributed by atoms with Crippen molar-refractivity contribution in [2.75, 3.05) is 18.5 Å². The number of nitrogens with zero attached hydrogens (tertiary/aromatic N) is 1. The van der Waals surface area contributed by atoms with E-state index in [1.807, 2.05) is 24.1 Å². The number of anilines is 1. The minimum atomic E-state index is -0.217. The number of furan rings is 1. The maximum Gasteiger partial charge on any atom is 0.146 e. The highest BCUT2D eigenvalue weighted by Gasteiger charge is 2.09. The predicted octanol–water partition coefficient (Wildman–Crippen LogP) is 3.80.